The van der Waals surface area contributed by atoms with E-state index in [4.69, 9.17) is 4.55 Å². The molecule has 0 saturated heterocycles. The summed E-state index contributed by atoms with van der Waals surface area (Å²) >= 11 is 0. The molecule has 0 aromatic carbocycles. The third-order valence-electron chi connectivity index (χ3n) is 5.11. The standard InChI is InChI=1S/C20H29F9O7S.Na.H/c1-2-3-4-5-6-7-8-9-11-36-16(31)14(37(32,33)34)13-15(30)35-12-10-17(21,22)18(23,24)19(25,26)20(27,28)29;;/h14H,2-13H2,1H3,(H,32,33,34);;/q;+1;-1. The molecule has 0 aliphatic heterocycles. The smallest absolute Gasteiger partial charge is 1.00 e. The maximum absolute atomic E-state index is 13.4. The van der Waals surface area contributed by atoms with E-state index in [0.717, 1.165) is 38.5 Å². The largest absolute Gasteiger partial charge is 1.00 e. The van der Waals surface area contributed by atoms with Gasteiger partial charge in [0.05, 0.1) is 26.1 Å². The summed E-state index contributed by atoms with van der Waals surface area (Å²) in [5.74, 6) is -23.5. The number of unbranched alkanes of at least 4 members (excludes halogenated alkanes) is 7. The molecular formula is C20H30F9NaO7S. The van der Waals surface area contributed by atoms with Gasteiger partial charge in [-0.1, -0.05) is 51.9 Å². The van der Waals surface area contributed by atoms with Crippen molar-refractivity contribution in [1.82, 2.24) is 0 Å². The van der Waals surface area contributed by atoms with E-state index in [2.05, 4.69) is 16.4 Å². The number of ether oxygens (including phenoxy) is 2. The summed E-state index contributed by atoms with van der Waals surface area (Å²) in [6.45, 7) is -0.0789. The van der Waals surface area contributed by atoms with E-state index in [1.54, 1.807) is 0 Å². The SMILES string of the molecule is CCCCCCCCCCOC(=O)C(CC(=O)OCCC(F)(F)C(F)(F)C(F)(F)C(F)(F)F)S(=O)(=O)O.[H-].[Na+]. The van der Waals surface area contributed by atoms with Crippen molar-refractivity contribution in [3.63, 3.8) is 0 Å². The van der Waals surface area contributed by atoms with Gasteiger partial charge in [-0.15, -0.1) is 0 Å². The third-order valence-corrected chi connectivity index (χ3v) is 6.18. The fourth-order valence-electron chi connectivity index (χ4n) is 2.88. The molecule has 0 aromatic heterocycles. The van der Waals surface area contributed by atoms with Crippen LogP contribution >= 0.6 is 0 Å². The first kappa shape index (κ1) is 39.4. The first-order valence-electron chi connectivity index (χ1n) is 11.2. The molecular weight excluding hydrogens is 578 g/mol. The molecule has 0 aliphatic carbocycles. The van der Waals surface area contributed by atoms with Gasteiger partial charge in [-0.3, -0.25) is 14.1 Å². The number of hydrogen-bond donors (Lipinski definition) is 1. The first-order valence-corrected chi connectivity index (χ1v) is 12.7. The van der Waals surface area contributed by atoms with Gasteiger partial charge in [-0.05, 0) is 6.42 Å². The second kappa shape index (κ2) is 16.5. The van der Waals surface area contributed by atoms with Crippen LogP contribution in [-0.4, -0.2) is 67.3 Å². The fourth-order valence-corrected chi connectivity index (χ4v) is 3.54. The molecule has 1 N–H and O–H groups in total. The van der Waals surface area contributed by atoms with Gasteiger partial charge in [0.15, 0.2) is 5.25 Å². The summed E-state index contributed by atoms with van der Waals surface area (Å²) in [6.07, 6.45) is -4.16. The molecule has 0 aromatic rings. The van der Waals surface area contributed by atoms with E-state index in [1.165, 1.54) is 0 Å². The Bertz CT molecular complexity index is 844. The number of esters is 2. The summed E-state index contributed by atoms with van der Waals surface area (Å²) in [5.41, 5.74) is 0. The van der Waals surface area contributed by atoms with E-state index in [9.17, 15) is 57.5 Å². The molecule has 0 aliphatic rings. The van der Waals surface area contributed by atoms with Crippen molar-refractivity contribution in [3.8, 4) is 0 Å². The van der Waals surface area contributed by atoms with Crippen molar-refractivity contribution in [1.29, 1.82) is 0 Å². The van der Waals surface area contributed by atoms with Crippen LogP contribution in [0.15, 0.2) is 0 Å². The molecule has 0 bridgehead atoms. The van der Waals surface area contributed by atoms with Gasteiger partial charge in [0.1, 0.15) is 0 Å². The molecule has 1 atom stereocenters. The van der Waals surface area contributed by atoms with Crippen molar-refractivity contribution >= 4 is 22.1 Å². The summed E-state index contributed by atoms with van der Waals surface area (Å²) in [5, 5.41) is -2.58. The Morgan fingerprint density at radius 2 is 1.26 bits per heavy atom. The van der Waals surface area contributed by atoms with Gasteiger partial charge in [0.2, 0.25) is 0 Å². The molecule has 0 rings (SSSR count). The Morgan fingerprint density at radius 3 is 1.71 bits per heavy atom. The van der Waals surface area contributed by atoms with E-state index in [1.807, 2.05) is 0 Å². The molecule has 0 amide bonds. The quantitative estimate of drug-likeness (QED) is 0.0839. The van der Waals surface area contributed by atoms with Crippen LogP contribution < -0.4 is 29.6 Å². The molecule has 0 saturated carbocycles. The Balaban J connectivity index is -0.00000648. The summed E-state index contributed by atoms with van der Waals surface area (Å²) in [7, 11) is -5.30. The predicted octanol–water partition coefficient (Wildman–Crippen LogP) is 2.83. The Morgan fingerprint density at radius 1 is 0.789 bits per heavy atom. The molecule has 1 unspecified atom stereocenters. The second-order valence-corrected chi connectivity index (χ2v) is 9.77. The van der Waals surface area contributed by atoms with Crippen LogP contribution in [0, 0.1) is 0 Å². The zero-order chi connectivity index (χ0) is 29.1. The van der Waals surface area contributed by atoms with Crippen molar-refractivity contribution in [2.45, 2.75) is 100 Å². The third kappa shape index (κ3) is 12.2. The Kier molecular flexibility index (Phi) is 17.1. The number of carbonyl (C=O) groups is 2. The normalized spacial score (nSPS) is 14.0. The molecule has 18 heteroatoms. The number of halogens is 9. The van der Waals surface area contributed by atoms with Gasteiger partial charge in [-0.25, -0.2) is 0 Å². The van der Waals surface area contributed by atoms with Crippen molar-refractivity contribution in [2.24, 2.45) is 0 Å². The van der Waals surface area contributed by atoms with Gasteiger partial charge >= 0.3 is 65.4 Å². The van der Waals surface area contributed by atoms with Gasteiger partial charge in [-0.2, -0.15) is 47.9 Å². The maximum Gasteiger partial charge on any atom is 1.00 e. The molecule has 0 fully saturated rings. The van der Waals surface area contributed by atoms with Gasteiger partial charge < -0.3 is 10.9 Å². The summed E-state index contributed by atoms with van der Waals surface area (Å²) in [6, 6.07) is 0. The van der Waals surface area contributed by atoms with Crippen LogP contribution in [0.3, 0.4) is 0 Å². The molecule has 7 nitrogen and oxygen atoms in total. The molecule has 38 heavy (non-hydrogen) atoms. The minimum Gasteiger partial charge on any atom is -1.00 e. The summed E-state index contributed by atoms with van der Waals surface area (Å²) < 4.78 is 156. The minimum atomic E-state index is -7.12. The van der Waals surface area contributed by atoms with E-state index in [0.29, 0.717) is 12.8 Å². The molecule has 0 heterocycles. The van der Waals surface area contributed by atoms with Crippen LogP contribution in [0.25, 0.3) is 0 Å². The van der Waals surface area contributed by atoms with Gasteiger partial charge in [0, 0.05) is 0 Å². The van der Waals surface area contributed by atoms with Crippen LogP contribution in [-0.2, 0) is 29.2 Å². The first-order chi connectivity index (χ1) is 16.7. The molecule has 0 radical (unpaired) electrons. The van der Waals surface area contributed by atoms with E-state index >= 15 is 0 Å². The molecule has 0 spiro atoms. The monoisotopic (exact) mass is 608 g/mol. The zero-order valence-corrected chi connectivity index (χ0v) is 23.6. The molecule has 222 valence electrons. The minimum absolute atomic E-state index is 0. The summed E-state index contributed by atoms with van der Waals surface area (Å²) in [4.78, 5) is 23.6. The Hall–Kier alpha value is -0.780. The average molecular weight is 608 g/mol. The van der Waals surface area contributed by atoms with Crippen LogP contribution in [0.5, 0.6) is 0 Å². The van der Waals surface area contributed by atoms with Crippen LogP contribution in [0.4, 0.5) is 39.5 Å². The fraction of sp³-hybridized carbons (Fsp3) is 0.900. The van der Waals surface area contributed by atoms with Crippen molar-refractivity contribution in [2.75, 3.05) is 13.2 Å². The van der Waals surface area contributed by atoms with Crippen molar-refractivity contribution in [3.05, 3.63) is 0 Å². The van der Waals surface area contributed by atoms with Crippen LogP contribution in [0.2, 0.25) is 0 Å². The average Bonchev–Trinajstić information content (AvgIpc) is 2.74. The predicted molar refractivity (Wildman–Crippen MR) is 111 cm³/mol. The number of hydrogen-bond acceptors (Lipinski definition) is 6. The van der Waals surface area contributed by atoms with E-state index in [-0.39, 0.29) is 37.6 Å². The second-order valence-electron chi connectivity index (χ2n) is 8.17. The van der Waals surface area contributed by atoms with E-state index < -0.39 is 70.7 Å². The Labute approximate surface area is 237 Å². The van der Waals surface area contributed by atoms with Gasteiger partial charge in [0.25, 0.3) is 10.1 Å². The number of alkyl halides is 9. The maximum atomic E-state index is 13.4. The number of rotatable bonds is 18. The number of carbonyl (C=O) groups excluding carboxylic acids is 2. The zero-order valence-electron chi connectivity index (χ0n) is 21.8. The topological polar surface area (TPSA) is 107 Å². The van der Waals surface area contributed by atoms with Crippen LogP contribution in [0.1, 0.15) is 72.6 Å². The van der Waals surface area contributed by atoms with Crippen molar-refractivity contribution < 1.29 is 103 Å².